The highest BCUT2D eigenvalue weighted by atomic mass is 16.5. The molecule has 0 aliphatic heterocycles. The number of methoxy groups -OCH3 is 1. The van der Waals surface area contributed by atoms with Crippen molar-refractivity contribution in [1.29, 1.82) is 0 Å². The van der Waals surface area contributed by atoms with Crippen LogP contribution in [-0.2, 0) is 16.0 Å². The first-order valence-electron chi connectivity index (χ1n) is 8.26. The second-order valence-electron chi connectivity index (χ2n) is 5.79. The molecule has 0 aliphatic rings. The van der Waals surface area contributed by atoms with Crippen molar-refractivity contribution in [2.45, 2.75) is 52.5 Å². The molecule has 2 N–H and O–H groups in total. The van der Waals surface area contributed by atoms with Gasteiger partial charge in [0.05, 0.1) is 7.11 Å². The summed E-state index contributed by atoms with van der Waals surface area (Å²) in [5.74, 6) is -0.422. The number of urea groups is 1. The Bertz CT molecular complexity index is 499. The molecule has 1 aromatic rings. The Balaban J connectivity index is 2.61. The van der Waals surface area contributed by atoms with Gasteiger partial charge in [0.2, 0.25) is 0 Å². The Morgan fingerprint density at radius 1 is 1.17 bits per heavy atom. The van der Waals surface area contributed by atoms with Crippen LogP contribution in [0.2, 0.25) is 0 Å². The van der Waals surface area contributed by atoms with Crippen molar-refractivity contribution in [2.24, 2.45) is 5.92 Å². The number of anilines is 1. The largest absolute Gasteiger partial charge is 0.467 e. The summed E-state index contributed by atoms with van der Waals surface area (Å²) in [7, 11) is 1.33. The summed E-state index contributed by atoms with van der Waals surface area (Å²) >= 11 is 0. The monoisotopic (exact) mass is 320 g/mol. The average molecular weight is 320 g/mol. The van der Waals surface area contributed by atoms with E-state index in [0.717, 1.165) is 25.7 Å². The lowest BCUT2D eigenvalue weighted by molar-refractivity contribution is -0.144. The third-order valence-electron chi connectivity index (χ3n) is 3.99. The first-order valence-corrected chi connectivity index (χ1v) is 8.26. The molecule has 128 valence electrons. The molecule has 0 bridgehead atoms. The molecule has 1 rings (SSSR count). The van der Waals surface area contributed by atoms with Gasteiger partial charge < -0.3 is 15.4 Å². The lowest BCUT2D eigenvalue weighted by atomic mass is 9.99. The molecule has 23 heavy (non-hydrogen) atoms. The van der Waals surface area contributed by atoms with Gasteiger partial charge in [-0.15, -0.1) is 0 Å². The number of unbranched alkanes of at least 4 members (excludes halogenated alkanes) is 1. The minimum absolute atomic E-state index is 0.00428. The quantitative estimate of drug-likeness (QED) is 0.717. The lowest BCUT2D eigenvalue weighted by Crippen LogP contribution is -2.47. The van der Waals surface area contributed by atoms with Gasteiger partial charge >= 0.3 is 12.0 Å². The SMILES string of the molecule is CCCCc1ccc(NC(=O)N[C@H](C(=O)OC)C(C)CC)cc1. The Kier molecular flexibility index (Phi) is 8.16. The van der Waals surface area contributed by atoms with E-state index in [1.807, 2.05) is 38.1 Å². The van der Waals surface area contributed by atoms with E-state index in [9.17, 15) is 9.59 Å². The summed E-state index contributed by atoms with van der Waals surface area (Å²) in [4.78, 5) is 23.9. The highest BCUT2D eigenvalue weighted by molar-refractivity contribution is 5.92. The molecule has 0 aliphatic carbocycles. The van der Waals surface area contributed by atoms with Gasteiger partial charge in [-0.1, -0.05) is 45.7 Å². The summed E-state index contributed by atoms with van der Waals surface area (Å²) in [6.07, 6.45) is 4.13. The van der Waals surface area contributed by atoms with Gasteiger partial charge in [0.1, 0.15) is 6.04 Å². The number of ether oxygens (including phenoxy) is 1. The second-order valence-corrected chi connectivity index (χ2v) is 5.79. The van der Waals surface area contributed by atoms with Crippen LogP contribution in [0.15, 0.2) is 24.3 Å². The number of rotatable bonds is 8. The maximum atomic E-state index is 12.1. The number of hydrogen-bond donors (Lipinski definition) is 2. The summed E-state index contributed by atoms with van der Waals surface area (Å²) in [6.45, 7) is 6.04. The van der Waals surface area contributed by atoms with Crippen LogP contribution in [0.3, 0.4) is 0 Å². The minimum Gasteiger partial charge on any atom is -0.467 e. The number of esters is 1. The number of amides is 2. The first-order chi connectivity index (χ1) is 11.0. The maximum Gasteiger partial charge on any atom is 0.328 e. The van der Waals surface area contributed by atoms with Crippen molar-refractivity contribution in [1.82, 2.24) is 5.32 Å². The van der Waals surface area contributed by atoms with Crippen molar-refractivity contribution in [3.05, 3.63) is 29.8 Å². The van der Waals surface area contributed by atoms with E-state index in [1.54, 1.807) is 0 Å². The summed E-state index contributed by atoms with van der Waals surface area (Å²) in [6, 6.07) is 6.73. The van der Waals surface area contributed by atoms with E-state index in [4.69, 9.17) is 4.74 Å². The van der Waals surface area contributed by atoms with Crippen LogP contribution in [-0.4, -0.2) is 25.2 Å². The van der Waals surface area contributed by atoms with E-state index in [2.05, 4.69) is 17.6 Å². The standard InChI is InChI=1S/C18H28N2O3/c1-5-7-8-14-9-11-15(12-10-14)19-18(22)20-16(13(3)6-2)17(21)23-4/h9-13,16H,5-8H2,1-4H3,(H2,19,20,22)/t13?,16-/m0/s1. The highest BCUT2D eigenvalue weighted by Crippen LogP contribution is 2.13. The highest BCUT2D eigenvalue weighted by Gasteiger charge is 2.26. The predicted molar refractivity (Wildman–Crippen MR) is 92.5 cm³/mol. The molecule has 2 atom stereocenters. The van der Waals surface area contributed by atoms with Gasteiger partial charge in [0, 0.05) is 5.69 Å². The fourth-order valence-corrected chi connectivity index (χ4v) is 2.24. The smallest absolute Gasteiger partial charge is 0.328 e. The first kappa shape index (κ1) is 19.0. The third kappa shape index (κ3) is 6.30. The van der Waals surface area contributed by atoms with Crippen molar-refractivity contribution in [2.75, 3.05) is 12.4 Å². The van der Waals surface area contributed by atoms with Crippen LogP contribution in [0.1, 0.15) is 45.6 Å². The number of carbonyl (C=O) groups is 2. The van der Waals surface area contributed by atoms with Gasteiger partial charge in [0.25, 0.3) is 0 Å². The van der Waals surface area contributed by atoms with E-state index in [-0.39, 0.29) is 5.92 Å². The number of benzene rings is 1. The molecule has 0 heterocycles. The molecule has 1 unspecified atom stereocenters. The van der Waals surface area contributed by atoms with Gasteiger partial charge in [0.15, 0.2) is 0 Å². The number of hydrogen-bond acceptors (Lipinski definition) is 3. The lowest BCUT2D eigenvalue weighted by Gasteiger charge is -2.22. The maximum absolute atomic E-state index is 12.1. The topological polar surface area (TPSA) is 67.4 Å². The Morgan fingerprint density at radius 3 is 2.35 bits per heavy atom. The van der Waals surface area contributed by atoms with Crippen LogP contribution < -0.4 is 10.6 Å². The van der Waals surface area contributed by atoms with Crippen molar-refractivity contribution < 1.29 is 14.3 Å². The van der Waals surface area contributed by atoms with Crippen LogP contribution >= 0.6 is 0 Å². The molecule has 5 nitrogen and oxygen atoms in total. The molecular weight excluding hydrogens is 292 g/mol. The zero-order valence-electron chi connectivity index (χ0n) is 14.5. The molecular formula is C18H28N2O3. The van der Waals surface area contributed by atoms with Crippen LogP contribution in [0.25, 0.3) is 0 Å². The predicted octanol–water partition coefficient (Wildman–Crippen LogP) is 3.74. The third-order valence-corrected chi connectivity index (χ3v) is 3.99. The van der Waals surface area contributed by atoms with Crippen LogP contribution in [0, 0.1) is 5.92 Å². The number of carbonyl (C=O) groups excluding carboxylic acids is 2. The van der Waals surface area contributed by atoms with Crippen LogP contribution in [0.4, 0.5) is 10.5 Å². The number of nitrogens with one attached hydrogen (secondary N) is 2. The summed E-state index contributed by atoms with van der Waals surface area (Å²) < 4.78 is 4.76. The number of aryl methyl sites for hydroxylation is 1. The van der Waals surface area contributed by atoms with Gasteiger partial charge in [-0.05, 0) is 36.5 Å². The Labute approximate surface area is 138 Å². The molecule has 0 fully saturated rings. The molecule has 0 aromatic heterocycles. The molecule has 0 saturated heterocycles. The molecule has 5 heteroatoms. The van der Waals surface area contributed by atoms with E-state index in [0.29, 0.717) is 5.69 Å². The summed E-state index contributed by atoms with van der Waals surface area (Å²) in [5.41, 5.74) is 1.96. The van der Waals surface area contributed by atoms with Crippen molar-refractivity contribution >= 4 is 17.7 Å². The second kappa shape index (κ2) is 9.87. The zero-order valence-corrected chi connectivity index (χ0v) is 14.5. The Hall–Kier alpha value is -2.04. The molecule has 1 aromatic carbocycles. The summed E-state index contributed by atoms with van der Waals surface area (Å²) in [5, 5.41) is 5.45. The Morgan fingerprint density at radius 2 is 1.83 bits per heavy atom. The van der Waals surface area contributed by atoms with Gasteiger partial charge in [-0.3, -0.25) is 0 Å². The minimum atomic E-state index is -0.645. The van der Waals surface area contributed by atoms with E-state index in [1.165, 1.54) is 12.7 Å². The normalized spacial score (nSPS) is 13.0. The van der Waals surface area contributed by atoms with Crippen LogP contribution in [0.5, 0.6) is 0 Å². The van der Waals surface area contributed by atoms with Crippen molar-refractivity contribution in [3.8, 4) is 0 Å². The average Bonchev–Trinajstić information content (AvgIpc) is 2.57. The van der Waals surface area contributed by atoms with E-state index >= 15 is 0 Å². The molecule has 0 radical (unpaired) electrons. The fourth-order valence-electron chi connectivity index (χ4n) is 2.24. The fraction of sp³-hybridized carbons (Fsp3) is 0.556. The molecule has 0 spiro atoms. The molecule has 2 amide bonds. The zero-order chi connectivity index (χ0) is 17.2. The van der Waals surface area contributed by atoms with Crippen molar-refractivity contribution in [3.63, 3.8) is 0 Å². The van der Waals surface area contributed by atoms with Gasteiger partial charge in [-0.2, -0.15) is 0 Å². The van der Waals surface area contributed by atoms with E-state index < -0.39 is 18.0 Å². The van der Waals surface area contributed by atoms with Gasteiger partial charge in [-0.25, -0.2) is 9.59 Å². The molecule has 0 saturated carbocycles.